The Bertz CT molecular complexity index is 581. The second-order valence-electron chi connectivity index (χ2n) is 4.51. The highest BCUT2D eigenvalue weighted by molar-refractivity contribution is 9.11. The lowest BCUT2D eigenvalue weighted by Gasteiger charge is -2.16. The molecule has 3 nitrogen and oxygen atoms in total. The van der Waals surface area contributed by atoms with Crippen molar-refractivity contribution in [2.24, 2.45) is 0 Å². The number of aromatic nitrogens is 1. The van der Waals surface area contributed by atoms with Gasteiger partial charge in [-0.1, -0.05) is 11.3 Å². The third-order valence-electron chi connectivity index (χ3n) is 2.70. The monoisotopic (exact) mass is 341 g/mol. The van der Waals surface area contributed by atoms with Crippen molar-refractivity contribution in [2.45, 2.75) is 33.8 Å². The van der Waals surface area contributed by atoms with Crippen LogP contribution in [-0.2, 0) is 0 Å². The summed E-state index contributed by atoms with van der Waals surface area (Å²) in [7, 11) is 0. The van der Waals surface area contributed by atoms with Gasteiger partial charge in [-0.2, -0.15) is 0 Å². The first kappa shape index (κ1) is 14.3. The average molecular weight is 342 g/mol. The van der Waals surface area contributed by atoms with Gasteiger partial charge in [0, 0.05) is 0 Å². The molecule has 102 valence electrons. The summed E-state index contributed by atoms with van der Waals surface area (Å²) in [6.07, 6.45) is 1.90. The van der Waals surface area contributed by atoms with Crippen molar-refractivity contribution in [2.75, 3.05) is 0 Å². The van der Waals surface area contributed by atoms with Gasteiger partial charge in [-0.15, -0.1) is 0 Å². The number of thiazole rings is 1. The van der Waals surface area contributed by atoms with Gasteiger partial charge in [0.25, 0.3) is 5.19 Å². The maximum Gasteiger partial charge on any atom is 0.279 e. The normalized spacial score (nSPS) is 10.8. The molecule has 2 aromatic rings. The Labute approximate surface area is 125 Å². The van der Waals surface area contributed by atoms with Crippen molar-refractivity contribution in [1.29, 1.82) is 0 Å². The minimum Gasteiger partial charge on any atom is -0.491 e. The van der Waals surface area contributed by atoms with Crippen LogP contribution in [0.1, 0.15) is 25.0 Å². The van der Waals surface area contributed by atoms with E-state index in [0.717, 1.165) is 26.4 Å². The lowest BCUT2D eigenvalue weighted by molar-refractivity contribution is 0.240. The van der Waals surface area contributed by atoms with Crippen LogP contribution in [0.3, 0.4) is 0 Å². The Balaban J connectivity index is 2.25. The second-order valence-corrected chi connectivity index (χ2v) is 6.88. The zero-order valence-electron chi connectivity index (χ0n) is 11.4. The first-order valence-electron chi connectivity index (χ1n) is 6.03. The minimum atomic E-state index is 0.166. The van der Waals surface area contributed by atoms with Crippen molar-refractivity contribution in [3.8, 4) is 16.7 Å². The van der Waals surface area contributed by atoms with Crippen LogP contribution in [0.4, 0.5) is 0 Å². The van der Waals surface area contributed by atoms with Crippen LogP contribution in [-0.4, -0.2) is 11.1 Å². The molecule has 0 atom stereocenters. The smallest absolute Gasteiger partial charge is 0.279 e. The summed E-state index contributed by atoms with van der Waals surface area (Å²) in [5.74, 6) is 1.72. The second kappa shape index (κ2) is 5.92. The molecule has 0 aliphatic heterocycles. The van der Waals surface area contributed by atoms with Gasteiger partial charge in [-0.25, -0.2) is 4.98 Å². The molecular formula is C14H16BrNO2S. The molecule has 5 heteroatoms. The van der Waals surface area contributed by atoms with Crippen molar-refractivity contribution in [3.05, 3.63) is 33.2 Å². The lowest BCUT2D eigenvalue weighted by atomic mass is 10.1. The van der Waals surface area contributed by atoms with Crippen molar-refractivity contribution in [3.63, 3.8) is 0 Å². The third-order valence-corrected chi connectivity index (χ3v) is 4.06. The number of hydrogen-bond donors (Lipinski definition) is 0. The Morgan fingerprint density at radius 1 is 1.16 bits per heavy atom. The summed E-state index contributed by atoms with van der Waals surface area (Å²) in [5, 5.41) is 0.631. The highest BCUT2D eigenvalue weighted by atomic mass is 79.9. The molecule has 1 aromatic carbocycles. The molecule has 0 aliphatic carbocycles. The van der Waals surface area contributed by atoms with E-state index in [9.17, 15) is 0 Å². The molecule has 1 aromatic heterocycles. The third kappa shape index (κ3) is 3.48. The van der Waals surface area contributed by atoms with E-state index in [1.54, 1.807) is 6.20 Å². The fourth-order valence-electron chi connectivity index (χ4n) is 1.64. The molecule has 2 rings (SSSR count). The molecule has 0 unspecified atom stereocenters. The molecule has 0 amide bonds. The molecule has 0 fully saturated rings. The summed E-state index contributed by atoms with van der Waals surface area (Å²) in [6, 6.07) is 3.87. The maximum absolute atomic E-state index is 5.79. The molecule has 0 radical (unpaired) electrons. The fraction of sp³-hybridized carbons (Fsp3) is 0.357. The molecule has 0 saturated carbocycles. The molecular weight excluding hydrogens is 326 g/mol. The Morgan fingerprint density at radius 3 is 2.37 bits per heavy atom. The SMILES string of the molecule is Cc1c(Oc2ncc(Br)s2)ccc(OC(C)C)c1C. The zero-order valence-corrected chi connectivity index (χ0v) is 13.8. The predicted molar refractivity (Wildman–Crippen MR) is 81.6 cm³/mol. The molecule has 0 bridgehead atoms. The van der Waals surface area contributed by atoms with Crippen LogP contribution in [0.25, 0.3) is 0 Å². The van der Waals surface area contributed by atoms with Crippen molar-refractivity contribution < 1.29 is 9.47 Å². The highest BCUT2D eigenvalue weighted by Gasteiger charge is 2.11. The number of rotatable bonds is 4. The van der Waals surface area contributed by atoms with E-state index >= 15 is 0 Å². The first-order valence-corrected chi connectivity index (χ1v) is 7.64. The topological polar surface area (TPSA) is 31.4 Å². The van der Waals surface area contributed by atoms with Gasteiger partial charge in [0.2, 0.25) is 0 Å². The first-order chi connectivity index (χ1) is 8.97. The number of halogens is 1. The Kier molecular flexibility index (Phi) is 4.47. The Hall–Kier alpha value is -1.07. The molecule has 0 aliphatic rings. The summed E-state index contributed by atoms with van der Waals surface area (Å²) in [5.41, 5.74) is 2.17. The number of nitrogens with zero attached hydrogens (tertiary/aromatic N) is 1. The van der Waals surface area contributed by atoms with Gasteiger partial charge in [0.1, 0.15) is 11.5 Å². The van der Waals surface area contributed by atoms with Crippen LogP contribution in [0, 0.1) is 13.8 Å². The molecule has 0 spiro atoms. The van der Waals surface area contributed by atoms with E-state index < -0.39 is 0 Å². The fourth-order valence-corrected chi connectivity index (χ4v) is 2.67. The van der Waals surface area contributed by atoms with E-state index in [1.807, 2.05) is 39.8 Å². The van der Waals surface area contributed by atoms with Gasteiger partial charge in [-0.3, -0.25) is 0 Å². The van der Waals surface area contributed by atoms with E-state index in [2.05, 4.69) is 20.9 Å². The number of ether oxygens (including phenoxy) is 2. The largest absolute Gasteiger partial charge is 0.491 e. The number of hydrogen-bond acceptors (Lipinski definition) is 4. The zero-order chi connectivity index (χ0) is 14.0. The van der Waals surface area contributed by atoms with E-state index in [4.69, 9.17) is 9.47 Å². The van der Waals surface area contributed by atoms with Gasteiger partial charge >= 0.3 is 0 Å². The number of benzene rings is 1. The van der Waals surface area contributed by atoms with Crippen LogP contribution in [0.2, 0.25) is 0 Å². The summed E-state index contributed by atoms with van der Waals surface area (Å²) in [6.45, 7) is 8.11. The van der Waals surface area contributed by atoms with Gasteiger partial charge in [0.15, 0.2) is 0 Å². The van der Waals surface area contributed by atoms with Gasteiger partial charge < -0.3 is 9.47 Å². The van der Waals surface area contributed by atoms with Crippen LogP contribution in [0.15, 0.2) is 22.1 Å². The summed E-state index contributed by atoms with van der Waals surface area (Å²) in [4.78, 5) is 4.17. The van der Waals surface area contributed by atoms with Crippen LogP contribution < -0.4 is 9.47 Å². The quantitative estimate of drug-likeness (QED) is 0.774. The molecule has 1 heterocycles. The Morgan fingerprint density at radius 2 is 1.79 bits per heavy atom. The van der Waals surface area contributed by atoms with Crippen LogP contribution in [0.5, 0.6) is 16.7 Å². The molecule has 0 saturated heterocycles. The highest BCUT2D eigenvalue weighted by Crippen LogP contribution is 2.35. The van der Waals surface area contributed by atoms with E-state index in [1.165, 1.54) is 11.3 Å². The standard InChI is InChI=1S/C14H16BrNO2S/c1-8(2)17-11-5-6-12(10(4)9(11)3)18-14-16-7-13(15)19-14/h5-8H,1-4H3. The average Bonchev–Trinajstić information content (AvgIpc) is 2.74. The predicted octanol–water partition coefficient (Wildman–Crippen LogP) is 5.10. The molecule has 0 N–H and O–H groups in total. The summed E-state index contributed by atoms with van der Waals surface area (Å²) < 4.78 is 12.5. The summed E-state index contributed by atoms with van der Waals surface area (Å²) >= 11 is 4.84. The molecule has 19 heavy (non-hydrogen) atoms. The van der Waals surface area contributed by atoms with E-state index in [-0.39, 0.29) is 6.10 Å². The van der Waals surface area contributed by atoms with Gasteiger partial charge in [0.05, 0.1) is 16.1 Å². The van der Waals surface area contributed by atoms with Crippen molar-refractivity contribution in [1.82, 2.24) is 4.98 Å². The van der Waals surface area contributed by atoms with E-state index in [0.29, 0.717) is 5.19 Å². The minimum absolute atomic E-state index is 0.166. The van der Waals surface area contributed by atoms with Gasteiger partial charge in [-0.05, 0) is 66.9 Å². The van der Waals surface area contributed by atoms with Crippen LogP contribution >= 0.6 is 27.3 Å². The lowest BCUT2D eigenvalue weighted by Crippen LogP contribution is -2.07. The maximum atomic E-state index is 5.79. The van der Waals surface area contributed by atoms with Crippen molar-refractivity contribution >= 4 is 27.3 Å².